The maximum absolute atomic E-state index is 11.6. The first kappa shape index (κ1) is 16.6. The van der Waals surface area contributed by atoms with Crippen molar-refractivity contribution in [1.82, 2.24) is 5.32 Å². The van der Waals surface area contributed by atoms with Crippen LogP contribution in [0.15, 0.2) is 40.5 Å². The Morgan fingerprint density at radius 2 is 2.18 bits per heavy atom. The zero-order valence-electron chi connectivity index (χ0n) is 13.2. The monoisotopic (exact) mass is 318 g/mol. The summed E-state index contributed by atoms with van der Waals surface area (Å²) >= 11 is 1.65. The van der Waals surface area contributed by atoms with Crippen LogP contribution in [0, 0.1) is 6.92 Å². The Bertz CT molecular complexity index is 623. The molecule has 0 saturated carbocycles. The number of unbranched alkanes of at least 4 members (excludes halogenated alkanes) is 1. The van der Waals surface area contributed by atoms with Crippen LogP contribution in [-0.2, 0) is 4.79 Å². The van der Waals surface area contributed by atoms with Gasteiger partial charge in [0.2, 0.25) is 0 Å². The van der Waals surface area contributed by atoms with Crippen LogP contribution in [0.25, 0.3) is 0 Å². The highest BCUT2D eigenvalue weighted by molar-refractivity contribution is 8.13. The highest BCUT2D eigenvalue weighted by atomic mass is 32.2. The maximum Gasteiger partial charge on any atom is 0.335 e. The Morgan fingerprint density at radius 1 is 1.41 bits per heavy atom. The average Bonchev–Trinajstić information content (AvgIpc) is 2.46. The number of carboxylic acid groups (broad SMARTS) is 1. The molecule has 1 aliphatic rings. The van der Waals surface area contributed by atoms with E-state index in [-0.39, 0.29) is 0 Å². The topological polar surface area (TPSA) is 61.7 Å². The number of aliphatic imine (C=N–C) groups is 1. The number of nitrogens with one attached hydrogen (secondary N) is 1. The molecule has 0 bridgehead atoms. The fourth-order valence-corrected chi connectivity index (χ4v) is 3.42. The molecule has 1 aromatic rings. The number of carboxylic acids is 1. The number of thioether (sulfide) groups is 1. The van der Waals surface area contributed by atoms with Crippen LogP contribution in [0.3, 0.4) is 0 Å². The molecular weight excluding hydrogens is 296 g/mol. The molecule has 4 nitrogen and oxygen atoms in total. The van der Waals surface area contributed by atoms with Crippen LogP contribution in [0.4, 0.5) is 0 Å². The lowest BCUT2D eigenvalue weighted by Gasteiger charge is -2.25. The molecule has 5 heteroatoms. The van der Waals surface area contributed by atoms with Gasteiger partial charge in [-0.1, -0.05) is 54.9 Å². The first-order chi connectivity index (χ1) is 10.5. The SMILES string of the molecule is CCCCSC1=NC(c2cccc(C)c2)C(C(=O)O)=C(C)N1. The van der Waals surface area contributed by atoms with E-state index in [2.05, 4.69) is 17.2 Å². The van der Waals surface area contributed by atoms with Gasteiger partial charge < -0.3 is 10.4 Å². The number of aryl methyl sites for hydroxylation is 1. The summed E-state index contributed by atoms with van der Waals surface area (Å²) in [7, 11) is 0. The molecular formula is C17H22N2O2S. The fourth-order valence-electron chi connectivity index (χ4n) is 2.39. The van der Waals surface area contributed by atoms with Crippen molar-refractivity contribution in [2.45, 2.75) is 39.7 Å². The molecule has 1 aliphatic heterocycles. The number of aliphatic carboxylic acids is 1. The second kappa shape index (κ2) is 7.49. The van der Waals surface area contributed by atoms with Crippen LogP contribution in [0.1, 0.15) is 43.9 Å². The highest BCUT2D eigenvalue weighted by Crippen LogP contribution is 2.32. The van der Waals surface area contributed by atoms with E-state index in [1.165, 1.54) is 0 Å². The van der Waals surface area contributed by atoms with Gasteiger partial charge in [0.1, 0.15) is 6.04 Å². The van der Waals surface area contributed by atoms with Gasteiger partial charge in [-0.25, -0.2) is 9.79 Å². The summed E-state index contributed by atoms with van der Waals surface area (Å²) in [5.41, 5.74) is 3.03. The first-order valence-corrected chi connectivity index (χ1v) is 8.49. The molecule has 1 unspecified atom stereocenters. The lowest BCUT2D eigenvalue weighted by Crippen LogP contribution is -2.29. The third-order valence-corrected chi connectivity index (χ3v) is 4.52. The summed E-state index contributed by atoms with van der Waals surface area (Å²) in [5, 5.41) is 13.5. The van der Waals surface area contributed by atoms with Crippen LogP contribution in [0.2, 0.25) is 0 Å². The van der Waals surface area contributed by atoms with Gasteiger partial charge in [-0.15, -0.1) is 0 Å². The Kier molecular flexibility index (Phi) is 5.66. The van der Waals surface area contributed by atoms with Gasteiger partial charge in [0.05, 0.1) is 5.57 Å². The standard InChI is InChI=1S/C17H22N2O2S/c1-4-5-9-22-17-18-12(3)14(16(20)21)15(19-17)13-8-6-7-11(2)10-13/h6-8,10,15H,4-5,9H2,1-3H3,(H,18,19)(H,20,21). The average molecular weight is 318 g/mol. The molecule has 0 saturated heterocycles. The van der Waals surface area contributed by atoms with Crippen LogP contribution >= 0.6 is 11.8 Å². The minimum absolute atomic E-state index is 0.324. The van der Waals surface area contributed by atoms with Crippen molar-refractivity contribution in [2.24, 2.45) is 4.99 Å². The quantitative estimate of drug-likeness (QED) is 0.809. The van der Waals surface area contributed by atoms with Crippen molar-refractivity contribution in [3.8, 4) is 0 Å². The van der Waals surface area contributed by atoms with Crippen molar-refractivity contribution in [3.63, 3.8) is 0 Å². The summed E-state index contributed by atoms with van der Waals surface area (Å²) in [6.45, 7) is 5.96. The summed E-state index contributed by atoms with van der Waals surface area (Å²) in [5.74, 6) is 0.0660. The van der Waals surface area contributed by atoms with Gasteiger partial charge in [-0.3, -0.25) is 0 Å². The summed E-state index contributed by atoms with van der Waals surface area (Å²) in [4.78, 5) is 16.3. The molecule has 0 amide bonds. The van der Waals surface area contributed by atoms with Crippen LogP contribution in [-0.4, -0.2) is 22.0 Å². The molecule has 2 rings (SSSR count). The Hall–Kier alpha value is -1.75. The molecule has 1 aromatic carbocycles. The number of rotatable bonds is 5. The van der Waals surface area contributed by atoms with Crippen molar-refractivity contribution in [2.75, 3.05) is 5.75 Å². The summed E-state index contributed by atoms with van der Waals surface area (Å²) in [6, 6.07) is 7.45. The predicted octanol–water partition coefficient (Wildman–Crippen LogP) is 3.89. The van der Waals surface area contributed by atoms with Gasteiger partial charge in [0, 0.05) is 11.4 Å². The van der Waals surface area contributed by atoms with Gasteiger partial charge >= 0.3 is 5.97 Å². The molecule has 0 aliphatic carbocycles. The van der Waals surface area contributed by atoms with Gasteiger partial charge in [-0.05, 0) is 25.8 Å². The maximum atomic E-state index is 11.6. The van der Waals surface area contributed by atoms with E-state index in [9.17, 15) is 9.90 Å². The Labute approximate surface area is 135 Å². The normalized spacial score (nSPS) is 18.0. The predicted molar refractivity (Wildman–Crippen MR) is 92.2 cm³/mol. The Morgan fingerprint density at radius 3 is 2.82 bits per heavy atom. The molecule has 1 atom stereocenters. The number of carbonyl (C=O) groups is 1. The molecule has 0 fully saturated rings. The highest BCUT2D eigenvalue weighted by Gasteiger charge is 2.29. The molecule has 22 heavy (non-hydrogen) atoms. The minimum Gasteiger partial charge on any atom is -0.478 e. The Balaban J connectivity index is 2.34. The van der Waals surface area contributed by atoms with Crippen LogP contribution in [0.5, 0.6) is 0 Å². The number of nitrogens with zero attached hydrogens (tertiary/aromatic N) is 1. The second-order valence-corrected chi connectivity index (χ2v) is 6.51. The van der Waals surface area contributed by atoms with E-state index in [4.69, 9.17) is 0 Å². The largest absolute Gasteiger partial charge is 0.478 e. The van der Waals surface area contributed by atoms with Gasteiger partial charge in [0.15, 0.2) is 5.17 Å². The molecule has 0 aromatic heterocycles. The zero-order valence-corrected chi connectivity index (χ0v) is 14.0. The lowest BCUT2D eigenvalue weighted by atomic mass is 9.95. The fraction of sp³-hybridized carbons (Fsp3) is 0.412. The molecule has 1 heterocycles. The number of allylic oxidation sites excluding steroid dienone is 1. The zero-order chi connectivity index (χ0) is 16.1. The van der Waals surface area contributed by atoms with Crippen molar-refractivity contribution >= 4 is 22.9 Å². The third-order valence-electron chi connectivity index (χ3n) is 3.54. The van der Waals surface area contributed by atoms with E-state index >= 15 is 0 Å². The van der Waals surface area contributed by atoms with Gasteiger partial charge in [-0.2, -0.15) is 0 Å². The van der Waals surface area contributed by atoms with E-state index in [1.807, 2.05) is 31.2 Å². The van der Waals surface area contributed by atoms with Gasteiger partial charge in [0.25, 0.3) is 0 Å². The first-order valence-electron chi connectivity index (χ1n) is 7.51. The summed E-state index contributed by atoms with van der Waals surface area (Å²) < 4.78 is 0. The third kappa shape index (κ3) is 3.91. The van der Waals surface area contributed by atoms with Crippen molar-refractivity contribution < 1.29 is 9.90 Å². The smallest absolute Gasteiger partial charge is 0.335 e. The van der Waals surface area contributed by atoms with Crippen LogP contribution < -0.4 is 5.32 Å². The minimum atomic E-state index is -0.919. The van der Waals surface area contributed by atoms with E-state index in [0.29, 0.717) is 11.3 Å². The molecule has 0 radical (unpaired) electrons. The lowest BCUT2D eigenvalue weighted by molar-refractivity contribution is -0.133. The van der Waals surface area contributed by atoms with E-state index in [0.717, 1.165) is 34.9 Å². The number of hydrogen-bond donors (Lipinski definition) is 2. The number of hydrogen-bond acceptors (Lipinski definition) is 4. The second-order valence-electron chi connectivity index (χ2n) is 5.42. The molecule has 118 valence electrons. The molecule has 0 spiro atoms. The summed E-state index contributed by atoms with van der Waals surface area (Å²) in [6.07, 6.45) is 2.26. The molecule has 2 N–H and O–H groups in total. The van der Waals surface area contributed by atoms with Crippen molar-refractivity contribution in [1.29, 1.82) is 0 Å². The van der Waals surface area contributed by atoms with E-state index < -0.39 is 12.0 Å². The van der Waals surface area contributed by atoms with E-state index in [1.54, 1.807) is 18.7 Å². The number of amidine groups is 1. The number of benzene rings is 1. The van der Waals surface area contributed by atoms with Crippen molar-refractivity contribution in [3.05, 3.63) is 46.7 Å².